The lowest BCUT2D eigenvalue weighted by Crippen LogP contribution is -2.65. The summed E-state index contributed by atoms with van der Waals surface area (Å²) in [7, 11) is 0. The molecule has 8 heteroatoms. The van der Waals surface area contributed by atoms with E-state index in [2.05, 4.69) is 0 Å². The van der Waals surface area contributed by atoms with Crippen LogP contribution in [0.5, 0.6) is 0 Å². The van der Waals surface area contributed by atoms with Crippen molar-refractivity contribution in [2.75, 3.05) is 0 Å². The summed E-state index contributed by atoms with van der Waals surface area (Å²) in [5, 5.41) is 54.5. The molecule has 6 N–H and O–H groups in total. The Morgan fingerprint density at radius 1 is 1.21 bits per heavy atom. The van der Waals surface area contributed by atoms with Gasteiger partial charge in [0.15, 0.2) is 5.78 Å². The summed E-state index contributed by atoms with van der Waals surface area (Å²) < 4.78 is 0. The van der Waals surface area contributed by atoms with Gasteiger partial charge in [-0.05, 0) is 12.5 Å². The number of aliphatic hydroxyl groups excluding tert-OH is 1. The minimum atomic E-state index is -2.08. The summed E-state index contributed by atoms with van der Waals surface area (Å²) in [6.45, 7) is 6.66. The Kier molecular flexibility index (Phi) is 3.74. The maximum atomic E-state index is 12.8. The zero-order chi connectivity index (χ0) is 21.0. The molecule has 0 aliphatic heterocycles. The number of hydrogen-bond acceptors (Lipinski definition) is 7. The molecule has 0 bridgehead atoms. The van der Waals surface area contributed by atoms with Gasteiger partial charge in [0.25, 0.3) is 5.91 Å². The van der Waals surface area contributed by atoms with Gasteiger partial charge >= 0.3 is 0 Å². The molecule has 154 valence electrons. The van der Waals surface area contributed by atoms with Crippen LogP contribution >= 0.6 is 0 Å². The molecular weight excluding hydrogens is 366 g/mol. The quantitative estimate of drug-likeness (QED) is 0.259. The van der Waals surface area contributed by atoms with Gasteiger partial charge in [-0.25, -0.2) is 5.48 Å². The molecule has 0 spiro atoms. The van der Waals surface area contributed by atoms with Crippen molar-refractivity contribution in [3.05, 3.63) is 23.3 Å². The van der Waals surface area contributed by atoms with Gasteiger partial charge < -0.3 is 20.4 Å². The lowest BCUT2D eigenvalue weighted by molar-refractivity contribution is -0.209. The van der Waals surface area contributed by atoms with E-state index in [1.54, 1.807) is 20.8 Å². The fourth-order valence-electron chi connectivity index (χ4n) is 6.47. The van der Waals surface area contributed by atoms with Crippen molar-refractivity contribution < 1.29 is 35.2 Å². The molecule has 0 unspecified atom stereocenters. The number of rotatable bonds is 1. The summed E-state index contributed by atoms with van der Waals surface area (Å²) in [4.78, 5) is 25.1. The van der Waals surface area contributed by atoms with Gasteiger partial charge in [-0.3, -0.25) is 14.8 Å². The predicted octanol–water partition coefficient (Wildman–Crippen LogP) is -0.557. The minimum absolute atomic E-state index is 0.0407. The van der Waals surface area contributed by atoms with Gasteiger partial charge in [-0.2, -0.15) is 0 Å². The first-order valence-electron chi connectivity index (χ1n) is 9.53. The Morgan fingerprint density at radius 3 is 2.39 bits per heavy atom. The van der Waals surface area contributed by atoms with Crippen molar-refractivity contribution >= 4 is 11.7 Å². The average molecular weight is 393 g/mol. The molecule has 0 aromatic carbocycles. The number of carbonyl (C=O) groups excluding carboxylic acids is 2. The number of aliphatic hydroxyl groups is 4. The lowest BCUT2D eigenvalue weighted by Gasteiger charge is -2.51. The van der Waals surface area contributed by atoms with E-state index in [0.717, 1.165) is 0 Å². The van der Waals surface area contributed by atoms with E-state index in [0.29, 0.717) is 0 Å². The average Bonchev–Trinajstić information content (AvgIpc) is 3.03. The molecule has 28 heavy (non-hydrogen) atoms. The monoisotopic (exact) mass is 393 g/mol. The van der Waals surface area contributed by atoms with E-state index in [9.17, 15) is 30.0 Å². The molecule has 0 saturated heterocycles. The van der Waals surface area contributed by atoms with Gasteiger partial charge in [0.05, 0.1) is 11.7 Å². The maximum absolute atomic E-state index is 12.8. The topological polar surface area (TPSA) is 147 Å². The van der Waals surface area contributed by atoms with Gasteiger partial charge in [0, 0.05) is 41.1 Å². The minimum Gasteiger partial charge on any atom is -0.390 e. The summed E-state index contributed by atoms with van der Waals surface area (Å²) in [6.07, 6.45) is 1.30. The van der Waals surface area contributed by atoms with Crippen molar-refractivity contribution in [3.63, 3.8) is 0 Å². The van der Waals surface area contributed by atoms with Crippen LogP contribution in [0.25, 0.3) is 0 Å². The van der Waals surface area contributed by atoms with Crippen molar-refractivity contribution in [1.82, 2.24) is 5.48 Å². The molecule has 2 saturated carbocycles. The van der Waals surface area contributed by atoms with Crippen LogP contribution < -0.4 is 5.48 Å². The third-order valence-corrected chi connectivity index (χ3v) is 8.16. The molecule has 8 atom stereocenters. The molecule has 8 nitrogen and oxygen atoms in total. The first-order chi connectivity index (χ1) is 12.8. The second-order valence-corrected chi connectivity index (χ2v) is 9.56. The highest BCUT2D eigenvalue weighted by Crippen LogP contribution is 2.74. The number of carbonyl (C=O) groups is 2. The van der Waals surface area contributed by atoms with Crippen LogP contribution in [0.4, 0.5) is 0 Å². The van der Waals surface area contributed by atoms with Gasteiger partial charge in [0.1, 0.15) is 11.2 Å². The fraction of sp³-hybridized carbons (Fsp3) is 0.700. The standard InChI is InChI=1S/C20H27NO7/c1-8-5-12-18(25,14(8)22)7-10(16(24)21-28)6-11-13-17(3,4)20(13,27)15(23)9(2)19(11,12)26/h5-6,9,11-13,15,23,25-28H,7H2,1-4H3,(H,21,24)/t9-,11+,12-,13+,15-,18-,19-,20-/m1/s1. The van der Waals surface area contributed by atoms with E-state index < -0.39 is 63.7 Å². The Labute approximate surface area is 162 Å². The van der Waals surface area contributed by atoms with Crippen molar-refractivity contribution in [2.24, 2.45) is 29.1 Å². The number of hydroxylamine groups is 1. The number of ketones is 1. The van der Waals surface area contributed by atoms with E-state index in [-0.39, 0.29) is 17.6 Å². The highest BCUT2D eigenvalue weighted by atomic mass is 16.5. The maximum Gasteiger partial charge on any atom is 0.270 e. The molecule has 4 aliphatic rings. The molecule has 2 fully saturated rings. The number of hydrogen-bond donors (Lipinski definition) is 6. The molecule has 4 rings (SSSR count). The summed E-state index contributed by atoms with van der Waals surface area (Å²) in [5.74, 6) is -4.84. The summed E-state index contributed by atoms with van der Waals surface area (Å²) in [6, 6.07) is 0. The van der Waals surface area contributed by atoms with E-state index in [1.165, 1.54) is 24.6 Å². The molecular formula is C20H27NO7. The van der Waals surface area contributed by atoms with Crippen molar-refractivity contribution in [1.29, 1.82) is 0 Å². The van der Waals surface area contributed by atoms with E-state index in [1.807, 2.05) is 0 Å². The van der Waals surface area contributed by atoms with Crippen LogP contribution in [-0.4, -0.2) is 60.2 Å². The zero-order valence-corrected chi connectivity index (χ0v) is 16.3. The van der Waals surface area contributed by atoms with Gasteiger partial charge in [-0.1, -0.05) is 32.9 Å². The Morgan fingerprint density at radius 2 is 1.82 bits per heavy atom. The van der Waals surface area contributed by atoms with Crippen LogP contribution in [0.3, 0.4) is 0 Å². The fourth-order valence-corrected chi connectivity index (χ4v) is 6.47. The highest BCUT2D eigenvalue weighted by Gasteiger charge is 2.84. The Balaban J connectivity index is 1.98. The first-order valence-corrected chi connectivity index (χ1v) is 9.53. The number of fused-ring (bicyclic) bond motifs is 5. The van der Waals surface area contributed by atoms with Crippen LogP contribution in [0.2, 0.25) is 0 Å². The highest BCUT2D eigenvalue weighted by molar-refractivity contribution is 6.06. The number of nitrogens with one attached hydrogen (secondary N) is 1. The third kappa shape index (κ3) is 1.88. The number of Topliss-reactive ketones (excluding diaryl/α,β-unsaturated/α-hetero) is 1. The Hall–Kier alpha value is -1.58. The van der Waals surface area contributed by atoms with Gasteiger partial charge in [0.2, 0.25) is 0 Å². The van der Waals surface area contributed by atoms with Gasteiger partial charge in [-0.15, -0.1) is 0 Å². The van der Waals surface area contributed by atoms with Crippen LogP contribution in [0.1, 0.15) is 34.1 Å². The molecule has 0 heterocycles. The second kappa shape index (κ2) is 5.31. The predicted molar refractivity (Wildman–Crippen MR) is 95.7 cm³/mol. The Bertz CT molecular complexity index is 847. The lowest BCUT2D eigenvalue weighted by atomic mass is 9.59. The number of amides is 1. The summed E-state index contributed by atoms with van der Waals surface area (Å²) in [5.41, 5.74) is -4.31. The molecule has 1 amide bonds. The zero-order valence-electron chi connectivity index (χ0n) is 16.3. The first kappa shape index (κ1) is 19.7. The van der Waals surface area contributed by atoms with Crippen LogP contribution in [0.15, 0.2) is 23.3 Å². The van der Waals surface area contributed by atoms with Crippen LogP contribution in [-0.2, 0) is 9.59 Å². The normalized spacial score (nSPS) is 51.2. The van der Waals surface area contributed by atoms with Crippen LogP contribution in [0, 0.1) is 29.1 Å². The largest absolute Gasteiger partial charge is 0.390 e. The second-order valence-electron chi connectivity index (χ2n) is 9.56. The van der Waals surface area contributed by atoms with Crippen molar-refractivity contribution in [3.8, 4) is 0 Å². The van der Waals surface area contributed by atoms with E-state index in [4.69, 9.17) is 5.21 Å². The molecule has 0 aromatic rings. The van der Waals surface area contributed by atoms with Crippen molar-refractivity contribution in [2.45, 2.75) is 57.0 Å². The molecule has 0 aromatic heterocycles. The molecule has 4 aliphatic carbocycles. The molecule has 0 radical (unpaired) electrons. The SMILES string of the molecule is CC1=C[C@H]2[C@@]3(O)[C@H](C)[C@@H](O)[C@]4(O)[C@@H]([C@@H]3C=C(C(=O)NO)C[C@]2(O)C1=O)C4(C)C. The van der Waals surface area contributed by atoms with E-state index >= 15 is 0 Å². The summed E-state index contributed by atoms with van der Waals surface area (Å²) >= 11 is 0. The smallest absolute Gasteiger partial charge is 0.270 e. The third-order valence-electron chi connectivity index (χ3n) is 8.16.